The van der Waals surface area contributed by atoms with Crippen molar-refractivity contribution in [2.75, 3.05) is 11.1 Å². The van der Waals surface area contributed by atoms with E-state index >= 15 is 0 Å². The number of thioether (sulfide) groups is 1. The van der Waals surface area contributed by atoms with Crippen molar-refractivity contribution in [3.05, 3.63) is 30.1 Å². The summed E-state index contributed by atoms with van der Waals surface area (Å²) >= 11 is 5.21. The molecule has 1 aromatic carbocycles. The third-order valence-electron chi connectivity index (χ3n) is 2.84. The summed E-state index contributed by atoms with van der Waals surface area (Å²) in [6.07, 6.45) is 9.25. The third-order valence-corrected chi connectivity index (χ3v) is 4.48. The maximum atomic E-state index is 12.9. The number of hydrogen-bond donors (Lipinski definition) is 0. The zero-order valence-electron chi connectivity index (χ0n) is 10.8. The van der Waals surface area contributed by atoms with Crippen LogP contribution in [0.1, 0.15) is 44.9 Å². The zero-order valence-corrected chi connectivity index (χ0v) is 13.2. The minimum atomic E-state index is -0.133. The van der Waals surface area contributed by atoms with Crippen molar-refractivity contribution < 1.29 is 4.39 Å². The van der Waals surface area contributed by atoms with Gasteiger partial charge in [0.2, 0.25) is 0 Å². The van der Waals surface area contributed by atoms with Gasteiger partial charge in [-0.3, -0.25) is 0 Å². The first-order valence-corrected chi connectivity index (χ1v) is 8.88. The fourth-order valence-electron chi connectivity index (χ4n) is 1.83. The van der Waals surface area contributed by atoms with Gasteiger partial charge in [0.25, 0.3) is 0 Å². The number of benzene rings is 1. The van der Waals surface area contributed by atoms with Crippen molar-refractivity contribution in [2.24, 2.45) is 0 Å². The standard InChI is InChI=1S/C15H22BrFS/c16-11-6-4-2-1-3-5-7-12-18-15-10-8-9-14(17)13-15/h8-10,13H,1-7,11-12H2. The second-order valence-electron chi connectivity index (χ2n) is 4.47. The molecule has 0 saturated carbocycles. The van der Waals surface area contributed by atoms with Crippen molar-refractivity contribution >= 4 is 27.7 Å². The lowest BCUT2D eigenvalue weighted by Gasteiger charge is -2.02. The second kappa shape index (κ2) is 10.9. The van der Waals surface area contributed by atoms with E-state index in [2.05, 4.69) is 15.9 Å². The lowest BCUT2D eigenvalue weighted by atomic mass is 10.1. The molecular formula is C15H22BrFS. The summed E-state index contributed by atoms with van der Waals surface area (Å²) in [5, 5.41) is 1.14. The van der Waals surface area contributed by atoms with Crippen molar-refractivity contribution in [3.63, 3.8) is 0 Å². The molecule has 1 aromatic rings. The molecule has 0 fully saturated rings. The van der Waals surface area contributed by atoms with E-state index in [9.17, 15) is 4.39 Å². The Labute approximate surface area is 123 Å². The van der Waals surface area contributed by atoms with Crippen LogP contribution in [-0.4, -0.2) is 11.1 Å². The number of halogens is 2. The van der Waals surface area contributed by atoms with E-state index in [4.69, 9.17) is 0 Å². The van der Waals surface area contributed by atoms with E-state index in [1.165, 1.54) is 51.0 Å². The molecule has 102 valence electrons. The molecule has 0 aromatic heterocycles. The van der Waals surface area contributed by atoms with Crippen molar-refractivity contribution in [1.82, 2.24) is 0 Å². The van der Waals surface area contributed by atoms with Gasteiger partial charge in [-0.2, -0.15) is 0 Å². The molecule has 1 rings (SSSR count). The summed E-state index contributed by atoms with van der Waals surface area (Å²) in [7, 11) is 0. The summed E-state index contributed by atoms with van der Waals surface area (Å²) in [5.41, 5.74) is 0. The Kier molecular flexibility index (Phi) is 9.68. The smallest absolute Gasteiger partial charge is 0.124 e. The molecular weight excluding hydrogens is 311 g/mol. The highest BCUT2D eigenvalue weighted by atomic mass is 79.9. The average molecular weight is 333 g/mol. The quantitative estimate of drug-likeness (QED) is 0.286. The predicted octanol–water partition coefficient (Wildman–Crippen LogP) is 6.04. The Bertz CT molecular complexity index is 317. The number of hydrogen-bond acceptors (Lipinski definition) is 1. The summed E-state index contributed by atoms with van der Waals surface area (Å²) in [6, 6.07) is 6.87. The summed E-state index contributed by atoms with van der Waals surface area (Å²) in [6.45, 7) is 0. The molecule has 0 N–H and O–H groups in total. The van der Waals surface area contributed by atoms with Crippen LogP contribution in [0.15, 0.2) is 29.2 Å². The maximum Gasteiger partial charge on any atom is 0.124 e. The zero-order chi connectivity index (χ0) is 13.1. The molecule has 0 radical (unpaired) electrons. The maximum absolute atomic E-state index is 12.9. The van der Waals surface area contributed by atoms with Crippen molar-refractivity contribution in [2.45, 2.75) is 49.8 Å². The highest BCUT2D eigenvalue weighted by Crippen LogP contribution is 2.20. The molecule has 0 saturated heterocycles. The third kappa shape index (κ3) is 8.15. The summed E-state index contributed by atoms with van der Waals surface area (Å²) in [4.78, 5) is 1.05. The van der Waals surface area contributed by atoms with Crippen LogP contribution in [0.4, 0.5) is 4.39 Å². The monoisotopic (exact) mass is 332 g/mol. The Balaban J connectivity index is 1.92. The van der Waals surface area contributed by atoms with Crippen molar-refractivity contribution in [1.29, 1.82) is 0 Å². The van der Waals surface area contributed by atoms with E-state index in [0.717, 1.165) is 16.0 Å². The molecule has 0 aliphatic rings. The van der Waals surface area contributed by atoms with Gasteiger partial charge >= 0.3 is 0 Å². The molecule has 0 heterocycles. The molecule has 3 heteroatoms. The Morgan fingerprint density at radius 1 is 0.944 bits per heavy atom. The first-order chi connectivity index (χ1) is 8.83. The van der Waals surface area contributed by atoms with Crippen LogP contribution < -0.4 is 0 Å². The molecule has 0 spiro atoms. The fourth-order valence-corrected chi connectivity index (χ4v) is 3.18. The molecule has 0 amide bonds. The topological polar surface area (TPSA) is 0 Å². The predicted molar refractivity (Wildman–Crippen MR) is 83.2 cm³/mol. The fraction of sp³-hybridized carbons (Fsp3) is 0.600. The van der Waals surface area contributed by atoms with E-state index in [1.54, 1.807) is 23.9 Å². The second-order valence-corrected chi connectivity index (χ2v) is 6.43. The SMILES string of the molecule is Fc1cccc(SCCCCCCCCCBr)c1. The van der Waals surface area contributed by atoms with Gasteiger partial charge in [0.15, 0.2) is 0 Å². The van der Waals surface area contributed by atoms with Gasteiger partial charge in [-0.05, 0) is 36.8 Å². The Hall–Kier alpha value is -0.0200. The van der Waals surface area contributed by atoms with Crippen LogP contribution in [0.3, 0.4) is 0 Å². The minimum Gasteiger partial charge on any atom is -0.207 e. The summed E-state index contributed by atoms with van der Waals surface area (Å²) < 4.78 is 12.9. The normalized spacial score (nSPS) is 10.8. The van der Waals surface area contributed by atoms with Gasteiger partial charge in [0, 0.05) is 10.2 Å². The van der Waals surface area contributed by atoms with Gasteiger partial charge in [-0.1, -0.05) is 54.1 Å². The molecule has 18 heavy (non-hydrogen) atoms. The van der Waals surface area contributed by atoms with Crippen molar-refractivity contribution in [3.8, 4) is 0 Å². The molecule has 0 aliphatic heterocycles. The van der Waals surface area contributed by atoms with Crippen LogP contribution in [0.25, 0.3) is 0 Å². The molecule has 0 bridgehead atoms. The molecule has 0 unspecified atom stereocenters. The van der Waals surface area contributed by atoms with Gasteiger partial charge in [0.1, 0.15) is 5.82 Å². The highest BCUT2D eigenvalue weighted by Gasteiger charge is 1.96. The van der Waals surface area contributed by atoms with E-state index in [1.807, 2.05) is 6.07 Å². The van der Waals surface area contributed by atoms with Gasteiger partial charge in [-0.15, -0.1) is 11.8 Å². The van der Waals surface area contributed by atoms with E-state index in [0.29, 0.717) is 0 Å². The highest BCUT2D eigenvalue weighted by molar-refractivity contribution is 9.09. The number of alkyl halides is 1. The van der Waals surface area contributed by atoms with Crippen LogP contribution in [0, 0.1) is 5.82 Å². The first kappa shape index (κ1) is 16.0. The number of rotatable bonds is 10. The summed E-state index contributed by atoms with van der Waals surface area (Å²) in [5.74, 6) is 0.969. The van der Waals surface area contributed by atoms with Gasteiger partial charge in [0.05, 0.1) is 0 Å². The molecule has 0 atom stereocenters. The van der Waals surface area contributed by atoms with Gasteiger partial charge < -0.3 is 0 Å². The van der Waals surface area contributed by atoms with E-state index < -0.39 is 0 Å². The Morgan fingerprint density at radius 2 is 1.61 bits per heavy atom. The van der Waals surface area contributed by atoms with Gasteiger partial charge in [-0.25, -0.2) is 4.39 Å². The molecule has 0 aliphatic carbocycles. The van der Waals surface area contributed by atoms with Crippen LogP contribution in [0.5, 0.6) is 0 Å². The largest absolute Gasteiger partial charge is 0.207 e. The van der Waals surface area contributed by atoms with Crippen LogP contribution >= 0.6 is 27.7 Å². The number of unbranched alkanes of at least 4 members (excludes halogenated alkanes) is 6. The lowest BCUT2D eigenvalue weighted by molar-refractivity contribution is 0.606. The van der Waals surface area contributed by atoms with Crippen LogP contribution in [0.2, 0.25) is 0 Å². The average Bonchev–Trinajstić information content (AvgIpc) is 2.37. The molecule has 0 nitrogen and oxygen atoms in total. The Morgan fingerprint density at radius 3 is 2.28 bits per heavy atom. The lowest BCUT2D eigenvalue weighted by Crippen LogP contribution is -1.84. The van der Waals surface area contributed by atoms with Crippen LogP contribution in [-0.2, 0) is 0 Å². The first-order valence-electron chi connectivity index (χ1n) is 6.77. The van der Waals surface area contributed by atoms with E-state index in [-0.39, 0.29) is 5.82 Å². The minimum absolute atomic E-state index is 0.133.